The average molecular weight is 245 g/mol. The molecule has 2 rings (SSSR count). The molecule has 0 fully saturated rings. The predicted molar refractivity (Wildman–Crippen MR) is 73.8 cm³/mol. The van der Waals surface area contributed by atoms with Gasteiger partial charge in [-0.25, -0.2) is 0 Å². The van der Waals surface area contributed by atoms with Gasteiger partial charge in [-0.15, -0.1) is 0 Å². The lowest BCUT2D eigenvalue weighted by molar-refractivity contribution is 0.404. The fraction of sp³-hybridized carbons (Fsp3) is 0.357. The zero-order valence-corrected chi connectivity index (χ0v) is 11.2. The van der Waals surface area contributed by atoms with Crippen LogP contribution in [0.5, 0.6) is 5.75 Å². The van der Waals surface area contributed by atoms with Crippen LogP contribution in [0.4, 0.5) is 5.82 Å². The van der Waals surface area contributed by atoms with Gasteiger partial charge in [0.1, 0.15) is 11.6 Å². The number of aromatic nitrogens is 2. The summed E-state index contributed by atoms with van der Waals surface area (Å²) in [6.07, 6.45) is 1.75. The van der Waals surface area contributed by atoms with Crippen LogP contribution in [0.1, 0.15) is 30.9 Å². The van der Waals surface area contributed by atoms with Crippen molar-refractivity contribution in [2.75, 3.05) is 12.8 Å². The van der Waals surface area contributed by atoms with Gasteiger partial charge in [0.2, 0.25) is 0 Å². The van der Waals surface area contributed by atoms with Crippen molar-refractivity contribution >= 4 is 5.82 Å². The monoisotopic (exact) mass is 245 g/mol. The number of nitrogens with zero attached hydrogens (tertiary/aromatic N) is 1. The smallest absolute Gasteiger partial charge is 0.126 e. The molecule has 18 heavy (non-hydrogen) atoms. The Kier molecular flexibility index (Phi) is 3.28. The Morgan fingerprint density at radius 3 is 2.56 bits per heavy atom. The maximum atomic E-state index is 5.87. The van der Waals surface area contributed by atoms with Gasteiger partial charge in [0, 0.05) is 5.56 Å². The Hall–Kier alpha value is -1.97. The van der Waals surface area contributed by atoms with E-state index in [1.54, 1.807) is 13.3 Å². The zero-order chi connectivity index (χ0) is 13.3. The number of aromatic amines is 1. The van der Waals surface area contributed by atoms with Crippen molar-refractivity contribution in [3.05, 3.63) is 29.5 Å². The summed E-state index contributed by atoms with van der Waals surface area (Å²) in [4.78, 5) is 0. The number of ether oxygens (including phenoxy) is 1. The quantitative estimate of drug-likeness (QED) is 0.873. The molecule has 3 N–H and O–H groups in total. The Morgan fingerprint density at radius 2 is 2.06 bits per heavy atom. The molecule has 0 bridgehead atoms. The number of benzene rings is 1. The first-order chi connectivity index (χ1) is 8.54. The number of hydrogen-bond donors (Lipinski definition) is 2. The van der Waals surface area contributed by atoms with E-state index >= 15 is 0 Å². The maximum Gasteiger partial charge on any atom is 0.126 e. The van der Waals surface area contributed by atoms with Crippen LogP contribution < -0.4 is 10.5 Å². The Balaban J connectivity index is 2.62. The van der Waals surface area contributed by atoms with Gasteiger partial charge in [-0.3, -0.25) is 5.10 Å². The van der Waals surface area contributed by atoms with Crippen molar-refractivity contribution in [1.29, 1.82) is 0 Å². The largest absolute Gasteiger partial charge is 0.496 e. The summed E-state index contributed by atoms with van der Waals surface area (Å²) in [5.41, 5.74) is 10.2. The number of nitrogens with two attached hydrogens (primary N) is 1. The van der Waals surface area contributed by atoms with Gasteiger partial charge in [-0.05, 0) is 41.7 Å². The second-order valence-corrected chi connectivity index (χ2v) is 4.77. The standard InChI is InChI=1S/C14H19N3O/c1-8(2)11-6-10(5-9(3)13(11)18-4)12-7-16-17-14(12)15/h5-8H,1-4H3,(H3,15,16,17). The lowest BCUT2D eigenvalue weighted by Gasteiger charge is -2.16. The van der Waals surface area contributed by atoms with E-state index in [2.05, 4.69) is 36.2 Å². The van der Waals surface area contributed by atoms with Crippen molar-refractivity contribution in [3.63, 3.8) is 0 Å². The van der Waals surface area contributed by atoms with Crippen molar-refractivity contribution in [2.24, 2.45) is 0 Å². The number of anilines is 1. The molecule has 4 nitrogen and oxygen atoms in total. The minimum absolute atomic E-state index is 0.395. The zero-order valence-electron chi connectivity index (χ0n) is 11.2. The molecule has 0 aliphatic rings. The topological polar surface area (TPSA) is 63.9 Å². The van der Waals surface area contributed by atoms with Crippen LogP contribution >= 0.6 is 0 Å². The van der Waals surface area contributed by atoms with Gasteiger partial charge in [0.15, 0.2) is 0 Å². The third-order valence-corrected chi connectivity index (χ3v) is 3.11. The van der Waals surface area contributed by atoms with E-state index in [1.807, 2.05) is 6.92 Å². The first-order valence-electron chi connectivity index (χ1n) is 6.02. The molecular weight excluding hydrogens is 226 g/mol. The van der Waals surface area contributed by atoms with Crippen LogP contribution in [0.3, 0.4) is 0 Å². The van der Waals surface area contributed by atoms with Gasteiger partial charge in [0.25, 0.3) is 0 Å². The highest BCUT2D eigenvalue weighted by atomic mass is 16.5. The van der Waals surface area contributed by atoms with Crippen LogP contribution in [0.2, 0.25) is 0 Å². The average Bonchev–Trinajstić information content (AvgIpc) is 2.74. The van der Waals surface area contributed by atoms with Crippen LogP contribution in [-0.4, -0.2) is 17.3 Å². The van der Waals surface area contributed by atoms with E-state index in [-0.39, 0.29) is 0 Å². The lowest BCUT2D eigenvalue weighted by Crippen LogP contribution is -1.98. The molecule has 0 amide bonds. The highest BCUT2D eigenvalue weighted by Crippen LogP contribution is 2.35. The third kappa shape index (κ3) is 2.06. The van der Waals surface area contributed by atoms with Crippen molar-refractivity contribution in [3.8, 4) is 16.9 Å². The molecule has 1 heterocycles. The van der Waals surface area contributed by atoms with Gasteiger partial charge < -0.3 is 10.5 Å². The van der Waals surface area contributed by atoms with E-state index in [0.717, 1.165) is 22.4 Å². The van der Waals surface area contributed by atoms with Gasteiger partial charge >= 0.3 is 0 Å². The maximum absolute atomic E-state index is 5.87. The third-order valence-electron chi connectivity index (χ3n) is 3.11. The minimum Gasteiger partial charge on any atom is -0.496 e. The number of methoxy groups -OCH3 is 1. The Labute approximate surface area is 107 Å². The van der Waals surface area contributed by atoms with Gasteiger partial charge in [-0.1, -0.05) is 13.8 Å². The Morgan fingerprint density at radius 1 is 1.33 bits per heavy atom. The molecule has 0 unspecified atom stereocenters. The molecule has 0 saturated heterocycles. The van der Waals surface area contributed by atoms with Crippen LogP contribution in [-0.2, 0) is 0 Å². The molecule has 0 aliphatic heterocycles. The van der Waals surface area contributed by atoms with E-state index in [9.17, 15) is 0 Å². The molecule has 96 valence electrons. The highest BCUT2D eigenvalue weighted by Gasteiger charge is 2.14. The summed E-state index contributed by atoms with van der Waals surface area (Å²) in [5, 5.41) is 6.72. The molecule has 0 spiro atoms. The number of rotatable bonds is 3. The number of hydrogen-bond acceptors (Lipinski definition) is 3. The summed E-state index contributed by atoms with van der Waals surface area (Å²) in [5.74, 6) is 1.94. The SMILES string of the molecule is COc1c(C)cc(-c2cn[nH]c2N)cc1C(C)C. The van der Waals surface area contributed by atoms with Crippen molar-refractivity contribution in [2.45, 2.75) is 26.7 Å². The molecular formula is C14H19N3O. The lowest BCUT2D eigenvalue weighted by atomic mass is 9.94. The highest BCUT2D eigenvalue weighted by molar-refractivity contribution is 5.75. The van der Waals surface area contributed by atoms with Crippen molar-refractivity contribution < 1.29 is 4.74 Å². The van der Waals surface area contributed by atoms with Gasteiger partial charge in [0.05, 0.1) is 13.3 Å². The van der Waals surface area contributed by atoms with Crippen LogP contribution in [0.25, 0.3) is 11.1 Å². The van der Waals surface area contributed by atoms with E-state index in [4.69, 9.17) is 10.5 Å². The normalized spacial score (nSPS) is 10.9. The van der Waals surface area contributed by atoms with Gasteiger partial charge in [-0.2, -0.15) is 5.10 Å². The summed E-state index contributed by atoms with van der Waals surface area (Å²) in [7, 11) is 1.71. The first kappa shape index (κ1) is 12.5. The van der Waals surface area contributed by atoms with E-state index < -0.39 is 0 Å². The molecule has 0 radical (unpaired) electrons. The molecule has 2 aromatic rings. The second kappa shape index (κ2) is 4.72. The second-order valence-electron chi connectivity index (χ2n) is 4.77. The Bertz CT molecular complexity index is 558. The molecule has 1 aromatic heterocycles. The number of H-pyrrole nitrogens is 1. The summed E-state index contributed by atoms with van der Waals surface area (Å²) < 4.78 is 5.49. The fourth-order valence-electron chi connectivity index (χ4n) is 2.19. The first-order valence-corrected chi connectivity index (χ1v) is 6.02. The minimum atomic E-state index is 0.395. The summed E-state index contributed by atoms with van der Waals surface area (Å²) in [6, 6.07) is 4.20. The van der Waals surface area contributed by atoms with E-state index in [0.29, 0.717) is 11.7 Å². The van der Waals surface area contributed by atoms with Crippen LogP contribution in [0, 0.1) is 6.92 Å². The predicted octanol–water partition coefficient (Wildman–Crippen LogP) is 3.10. The summed E-state index contributed by atoms with van der Waals surface area (Å²) >= 11 is 0. The van der Waals surface area contributed by atoms with E-state index in [1.165, 1.54) is 5.56 Å². The van der Waals surface area contributed by atoms with Crippen LogP contribution in [0.15, 0.2) is 18.3 Å². The van der Waals surface area contributed by atoms with Crippen molar-refractivity contribution in [1.82, 2.24) is 10.2 Å². The molecule has 0 saturated carbocycles. The number of nitrogens with one attached hydrogen (secondary N) is 1. The number of nitrogen functional groups attached to an aromatic ring is 1. The molecule has 1 aromatic carbocycles. The molecule has 4 heteroatoms. The molecule has 0 atom stereocenters. The molecule has 0 aliphatic carbocycles. The fourth-order valence-corrected chi connectivity index (χ4v) is 2.19. The summed E-state index contributed by atoms with van der Waals surface area (Å²) in [6.45, 7) is 6.35. The number of aryl methyl sites for hydroxylation is 1.